The normalized spacial score (nSPS) is 21.9. The van der Waals surface area contributed by atoms with Crippen LogP contribution in [0.3, 0.4) is 0 Å². The topological polar surface area (TPSA) is 37.7 Å². The molecule has 3 aliphatic rings. The van der Waals surface area contributed by atoms with E-state index in [1.54, 1.807) is 10.6 Å². The number of rotatable bonds is 8. The number of fused-ring (bicyclic) bond motifs is 1. The van der Waals surface area contributed by atoms with Gasteiger partial charge in [-0.15, -0.1) is 11.6 Å². The van der Waals surface area contributed by atoms with Gasteiger partial charge in [0.25, 0.3) is 5.56 Å². The number of alkyl halides is 1. The second-order valence-corrected chi connectivity index (χ2v) is 10.7. The standard InChI is InChI=1S/C30H36ClN3O2/c1-3-32(2)28-12-14-33(20-28)19-23-4-7-25-17-27(11-8-24(25)16-23)34-15-13-29(18-30(34)35)36-21-22-5-9-26(31)10-6-22/h4-7,9,13,15-18,26,28H,3,8,10-12,14,19-21H2,1-2H3/t26?,28-/m1/s1. The molecule has 5 nitrogen and oxygen atoms in total. The molecule has 5 rings (SSSR count). The Balaban J connectivity index is 1.23. The average molecular weight is 506 g/mol. The van der Waals surface area contributed by atoms with Crippen LogP contribution in [-0.4, -0.2) is 59.1 Å². The van der Waals surface area contributed by atoms with Gasteiger partial charge in [0.15, 0.2) is 0 Å². The summed E-state index contributed by atoms with van der Waals surface area (Å²) in [5, 5.41) is 0.0591. The van der Waals surface area contributed by atoms with Crippen LogP contribution in [0.25, 0.3) is 11.8 Å². The largest absolute Gasteiger partial charge is 0.489 e. The van der Waals surface area contributed by atoms with Gasteiger partial charge in [-0.25, -0.2) is 0 Å². The first-order valence-electron chi connectivity index (χ1n) is 13.1. The first-order chi connectivity index (χ1) is 17.5. The fraction of sp³-hybridized carbons (Fsp3) is 0.433. The lowest BCUT2D eigenvalue weighted by Gasteiger charge is -2.23. The van der Waals surface area contributed by atoms with Gasteiger partial charge in [-0.3, -0.25) is 14.3 Å². The maximum atomic E-state index is 12.9. The molecule has 0 radical (unpaired) electrons. The molecule has 1 aliphatic heterocycles. The second kappa shape index (κ2) is 11.2. The van der Waals surface area contributed by atoms with Gasteiger partial charge < -0.3 is 9.64 Å². The molecule has 2 aromatic rings. The third-order valence-electron chi connectivity index (χ3n) is 7.69. The number of aryl methyl sites for hydroxylation is 1. The molecule has 1 saturated heterocycles. The number of pyridine rings is 1. The van der Waals surface area contributed by atoms with Crippen molar-refractivity contribution in [3.05, 3.63) is 87.4 Å². The molecule has 2 atom stereocenters. The number of ether oxygens (including phenoxy) is 1. The lowest BCUT2D eigenvalue weighted by molar-refractivity contribution is 0.238. The number of nitrogens with zero attached hydrogens (tertiary/aromatic N) is 3. The second-order valence-electron chi connectivity index (χ2n) is 10.2. The number of halogens is 1. The highest BCUT2D eigenvalue weighted by Gasteiger charge is 2.25. The van der Waals surface area contributed by atoms with E-state index in [-0.39, 0.29) is 10.9 Å². The van der Waals surface area contributed by atoms with E-state index in [4.69, 9.17) is 16.3 Å². The average Bonchev–Trinajstić information content (AvgIpc) is 3.36. The number of likely N-dealkylation sites (tertiary alicyclic amines) is 1. The fourth-order valence-corrected chi connectivity index (χ4v) is 5.51. The Morgan fingerprint density at radius 1 is 1.19 bits per heavy atom. The molecule has 1 fully saturated rings. The van der Waals surface area contributed by atoms with E-state index >= 15 is 0 Å². The number of aromatic nitrogens is 1. The van der Waals surface area contributed by atoms with Crippen molar-refractivity contribution < 1.29 is 4.74 Å². The highest BCUT2D eigenvalue weighted by Crippen LogP contribution is 2.28. The van der Waals surface area contributed by atoms with Crippen LogP contribution >= 0.6 is 11.6 Å². The molecule has 36 heavy (non-hydrogen) atoms. The van der Waals surface area contributed by atoms with Crippen molar-refractivity contribution >= 4 is 23.4 Å². The highest BCUT2D eigenvalue weighted by atomic mass is 35.5. The van der Waals surface area contributed by atoms with E-state index in [0.717, 1.165) is 50.2 Å². The van der Waals surface area contributed by atoms with Gasteiger partial charge in [-0.2, -0.15) is 0 Å². The Labute approximate surface area is 219 Å². The molecular formula is C30H36ClN3O2. The number of likely N-dealkylation sites (N-methyl/N-ethyl adjacent to an activating group) is 1. The zero-order valence-corrected chi connectivity index (χ0v) is 22.1. The maximum absolute atomic E-state index is 12.9. The predicted octanol–water partition coefficient (Wildman–Crippen LogP) is 5.19. The van der Waals surface area contributed by atoms with Gasteiger partial charge in [-0.05, 0) is 73.7 Å². The van der Waals surface area contributed by atoms with Crippen LogP contribution in [0, 0.1) is 0 Å². The summed E-state index contributed by atoms with van der Waals surface area (Å²) in [6, 6.07) is 11.0. The Hall–Kier alpha value is -2.60. The third-order valence-corrected chi connectivity index (χ3v) is 8.01. The summed E-state index contributed by atoms with van der Waals surface area (Å²) in [5.74, 6) is 0.592. The highest BCUT2D eigenvalue weighted by molar-refractivity contribution is 6.22. The lowest BCUT2D eigenvalue weighted by atomic mass is 9.93. The molecule has 0 N–H and O–H groups in total. The lowest BCUT2D eigenvalue weighted by Crippen LogP contribution is -2.34. The summed E-state index contributed by atoms with van der Waals surface area (Å²) in [4.78, 5) is 17.9. The number of allylic oxidation sites excluding steroid dienone is 3. The monoisotopic (exact) mass is 505 g/mol. The van der Waals surface area contributed by atoms with Crippen molar-refractivity contribution in [1.82, 2.24) is 14.4 Å². The molecule has 6 heteroatoms. The van der Waals surface area contributed by atoms with Gasteiger partial charge >= 0.3 is 0 Å². The number of hydrogen-bond donors (Lipinski definition) is 0. The molecule has 2 aliphatic carbocycles. The maximum Gasteiger partial charge on any atom is 0.258 e. The Morgan fingerprint density at radius 3 is 2.86 bits per heavy atom. The van der Waals surface area contributed by atoms with Crippen molar-refractivity contribution in [3.63, 3.8) is 0 Å². The number of hydrogen-bond acceptors (Lipinski definition) is 4. The first kappa shape index (κ1) is 25.1. The summed E-state index contributed by atoms with van der Waals surface area (Å²) in [6.07, 6.45) is 13.9. The molecule has 1 unspecified atom stereocenters. The van der Waals surface area contributed by atoms with Crippen LogP contribution in [0.4, 0.5) is 0 Å². The van der Waals surface area contributed by atoms with Crippen molar-refractivity contribution in [1.29, 1.82) is 0 Å². The number of benzene rings is 1. The minimum absolute atomic E-state index is 0.0591. The van der Waals surface area contributed by atoms with Gasteiger partial charge in [-0.1, -0.05) is 43.4 Å². The molecule has 1 aromatic carbocycles. The van der Waals surface area contributed by atoms with Crippen LogP contribution in [0.1, 0.15) is 42.9 Å². The van der Waals surface area contributed by atoms with Crippen molar-refractivity contribution in [2.45, 2.75) is 50.6 Å². The molecule has 190 valence electrons. The predicted molar refractivity (Wildman–Crippen MR) is 149 cm³/mol. The summed E-state index contributed by atoms with van der Waals surface area (Å²) in [5.41, 5.74) is 6.02. The Kier molecular flexibility index (Phi) is 7.80. The van der Waals surface area contributed by atoms with Crippen LogP contribution in [0.5, 0.6) is 5.75 Å². The summed E-state index contributed by atoms with van der Waals surface area (Å²) in [6.45, 7) is 7.11. The van der Waals surface area contributed by atoms with Crippen LogP contribution in [0.2, 0.25) is 0 Å². The van der Waals surface area contributed by atoms with Gasteiger partial charge in [0.2, 0.25) is 0 Å². The Bertz CT molecular complexity index is 1240. The molecule has 0 bridgehead atoms. The summed E-state index contributed by atoms with van der Waals surface area (Å²) in [7, 11) is 2.23. The minimum Gasteiger partial charge on any atom is -0.489 e. The van der Waals surface area contributed by atoms with Gasteiger partial charge in [0, 0.05) is 43.6 Å². The van der Waals surface area contributed by atoms with Gasteiger partial charge in [0.1, 0.15) is 12.4 Å². The molecule has 1 aromatic heterocycles. The van der Waals surface area contributed by atoms with Crippen LogP contribution < -0.4 is 10.3 Å². The summed E-state index contributed by atoms with van der Waals surface area (Å²) >= 11 is 6.08. The Morgan fingerprint density at radius 2 is 2.08 bits per heavy atom. The fourth-order valence-electron chi connectivity index (χ4n) is 5.35. The van der Waals surface area contributed by atoms with Gasteiger partial charge in [0.05, 0.1) is 5.38 Å². The van der Waals surface area contributed by atoms with E-state index in [1.807, 2.05) is 24.4 Å². The van der Waals surface area contributed by atoms with Crippen molar-refractivity contribution in [2.75, 3.05) is 33.3 Å². The van der Waals surface area contributed by atoms with E-state index in [9.17, 15) is 4.79 Å². The van der Waals surface area contributed by atoms with E-state index in [1.165, 1.54) is 29.7 Å². The van der Waals surface area contributed by atoms with E-state index < -0.39 is 0 Å². The summed E-state index contributed by atoms with van der Waals surface area (Å²) < 4.78 is 7.60. The minimum atomic E-state index is -0.0616. The zero-order valence-electron chi connectivity index (χ0n) is 21.3. The molecular weight excluding hydrogens is 470 g/mol. The molecule has 0 spiro atoms. The van der Waals surface area contributed by atoms with Crippen molar-refractivity contribution in [3.8, 4) is 5.75 Å². The smallest absolute Gasteiger partial charge is 0.258 e. The molecule has 2 heterocycles. The third kappa shape index (κ3) is 5.86. The van der Waals surface area contributed by atoms with Crippen molar-refractivity contribution in [2.24, 2.45) is 0 Å². The SMILES string of the molecule is CCN(C)[C@@H]1CCN(Cc2ccc3c(c2)CCC(n2ccc(OCC4=CCC(Cl)C=C4)cc2=O)=C3)C1. The van der Waals surface area contributed by atoms with E-state index in [2.05, 4.69) is 54.1 Å². The zero-order chi connectivity index (χ0) is 25.1. The molecule has 0 saturated carbocycles. The van der Waals surface area contributed by atoms with Crippen LogP contribution in [-0.2, 0) is 13.0 Å². The molecule has 0 amide bonds. The first-order valence-corrected chi connectivity index (χ1v) is 13.5. The van der Waals surface area contributed by atoms with E-state index in [0.29, 0.717) is 18.4 Å². The quantitative estimate of drug-likeness (QED) is 0.463. The van der Waals surface area contributed by atoms with Crippen LogP contribution in [0.15, 0.2) is 65.1 Å².